The SMILES string of the molecule is COCCNC(=O)c1nc[nH]c1C(=O)N[C@H]1CC[C@@]2(CCN(c3cc(F)c(F)cc3Cl)C2=O)CC1. The molecular weight excluding hydrogens is 484 g/mol. The molecule has 0 radical (unpaired) electrons. The summed E-state index contributed by atoms with van der Waals surface area (Å²) in [5.41, 5.74) is -0.402. The third-order valence-corrected chi connectivity index (χ3v) is 7.05. The van der Waals surface area contributed by atoms with E-state index in [1.165, 1.54) is 18.3 Å². The second kappa shape index (κ2) is 10.3. The zero-order chi connectivity index (χ0) is 25.2. The maximum Gasteiger partial charge on any atom is 0.272 e. The standard InChI is InChI=1S/C23H26ClF2N5O4/c1-35-9-7-27-20(32)18-19(29-12-28-18)21(33)30-13-2-4-23(5-3-13)6-8-31(22(23)34)17-11-16(26)15(25)10-14(17)24/h10-13H,2-9H2,1H3,(H,27,32)(H,28,29)(H,30,33)/t13-,23-. The number of aromatic amines is 1. The molecule has 35 heavy (non-hydrogen) atoms. The summed E-state index contributed by atoms with van der Waals surface area (Å²) in [6.07, 6.45) is 4.02. The van der Waals surface area contributed by atoms with Gasteiger partial charge in [-0.05, 0) is 38.2 Å². The van der Waals surface area contributed by atoms with E-state index in [2.05, 4.69) is 20.6 Å². The van der Waals surface area contributed by atoms with E-state index in [0.717, 1.165) is 12.1 Å². The molecule has 9 nitrogen and oxygen atoms in total. The Balaban J connectivity index is 1.36. The number of hydrogen-bond donors (Lipinski definition) is 3. The van der Waals surface area contributed by atoms with Gasteiger partial charge in [0, 0.05) is 32.3 Å². The Morgan fingerprint density at radius 1 is 1.23 bits per heavy atom. The summed E-state index contributed by atoms with van der Waals surface area (Å²) < 4.78 is 32.1. The molecule has 4 rings (SSSR count). The molecule has 188 valence electrons. The minimum Gasteiger partial charge on any atom is -0.383 e. The molecule has 1 aliphatic heterocycles. The van der Waals surface area contributed by atoms with Crippen molar-refractivity contribution in [2.75, 3.05) is 31.7 Å². The number of anilines is 1. The normalized spacial score (nSPS) is 22.0. The van der Waals surface area contributed by atoms with Crippen molar-refractivity contribution < 1.29 is 27.9 Å². The van der Waals surface area contributed by atoms with Crippen molar-refractivity contribution in [1.29, 1.82) is 0 Å². The number of nitrogens with zero attached hydrogens (tertiary/aromatic N) is 2. The van der Waals surface area contributed by atoms with Gasteiger partial charge in [-0.2, -0.15) is 0 Å². The van der Waals surface area contributed by atoms with Gasteiger partial charge in [0.1, 0.15) is 5.69 Å². The van der Waals surface area contributed by atoms with Gasteiger partial charge in [0.15, 0.2) is 17.3 Å². The summed E-state index contributed by atoms with van der Waals surface area (Å²) in [7, 11) is 1.52. The molecule has 0 bridgehead atoms. The van der Waals surface area contributed by atoms with Crippen LogP contribution in [0.3, 0.4) is 0 Å². The van der Waals surface area contributed by atoms with Gasteiger partial charge in [-0.25, -0.2) is 13.8 Å². The number of amides is 3. The number of benzene rings is 1. The van der Waals surface area contributed by atoms with Crippen molar-refractivity contribution in [3.8, 4) is 0 Å². The van der Waals surface area contributed by atoms with Gasteiger partial charge >= 0.3 is 0 Å². The number of aromatic nitrogens is 2. The molecule has 2 heterocycles. The van der Waals surface area contributed by atoms with Gasteiger partial charge in [0.05, 0.1) is 29.1 Å². The first-order chi connectivity index (χ1) is 16.8. The van der Waals surface area contributed by atoms with Crippen molar-refractivity contribution in [2.45, 2.75) is 38.1 Å². The summed E-state index contributed by atoms with van der Waals surface area (Å²) in [5.74, 6) is -3.23. The molecule has 0 atom stereocenters. The Morgan fingerprint density at radius 3 is 2.66 bits per heavy atom. The van der Waals surface area contributed by atoms with E-state index in [0.29, 0.717) is 45.3 Å². The summed E-state index contributed by atoms with van der Waals surface area (Å²) in [6.45, 7) is 0.977. The predicted molar refractivity (Wildman–Crippen MR) is 123 cm³/mol. The van der Waals surface area contributed by atoms with E-state index in [9.17, 15) is 23.2 Å². The first kappa shape index (κ1) is 25.1. The number of methoxy groups -OCH3 is 1. The molecule has 2 aromatic rings. The maximum absolute atomic E-state index is 13.8. The topological polar surface area (TPSA) is 116 Å². The lowest BCUT2D eigenvalue weighted by Crippen LogP contribution is -2.44. The quantitative estimate of drug-likeness (QED) is 0.392. The Labute approximate surface area is 205 Å². The largest absolute Gasteiger partial charge is 0.383 e. The number of imidazole rings is 1. The van der Waals surface area contributed by atoms with Crippen LogP contribution in [0.1, 0.15) is 53.1 Å². The Morgan fingerprint density at radius 2 is 1.94 bits per heavy atom. The molecule has 1 saturated carbocycles. The highest BCUT2D eigenvalue weighted by atomic mass is 35.5. The maximum atomic E-state index is 13.8. The lowest BCUT2D eigenvalue weighted by atomic mass is 9.71. The van der Waals surface area contributed by atoms with Gasteiger partial charge in [0.25, 0.3) is 11.8 Å². The molecule has 1 aromatic carbocycles. The van der Waals surface area contributed by atoms with Crippen molar-refractivity contribution in [3.63, 3.8) is 0 Å². The molecular formula is C23H26ClF2N5O4. The van der Waals surface area contributed by atoms with Crippen LogP contribution in [-0.2, 0) is 9.53 Å². The minimum atomic E-state index is -1.07. The Kier molecular flexibility index (Phi) is 7.36. The third-order valence-electron chi connectivity index (χ3n) is 6.74. The van der Waals surface area contributed by atoms with Crippen molar-refractivity contribution in [2.24, 2.45) is 5.41 Å². The second-order valence-electron chi connectivity index (χ2n) is 8.83. The van der Waals surface area contributed by atoms with Gasteiger partial charge in [-0.3, -0.25) is 14.4 Å². The number of carbonyl (C=O) groups is 3. The van der Waals surface area contributed by atoms with Crippen LogP contribution in [0.15, 0.2) is 18.5 Å². The van der Waals surface area contributed by atoms with Crippen molar-refractivity contribution in [1.82, 2.24) is 20.6 Å². The second-order valence-corrected chi connectivity index (χ2v) is 9.23. The number of nitrogens with one attached hydrogen (secondary N) is 3. The van der Waals surface area contributed by atoms with Crippen LogP contribution in [0.25, 0.3) is 0 Å². The molecule has 2 fully saturated rings. The van der Waals surface area contributed by atoms with E-state index in [1.54, 1.807) is 0 Å². The molecule has 2 aliphatic rings. The number of hydrogen-bond acceptors (Lipinski definition) is 5. The summed E-state index contributed by atoms with van der Waals surface area (Å²) >= 11 is 6.08. The van der Waals surface area contributed by atoms with Gasteiger partial charge < -0.3 is 25.3 Å². The average molecular weight is 510 g/mol. The number of carbonyl (C=O) groups excluding carboxylic acids is 3. The molecule has 12 heteroatoms. The molecule has 1 aliphatic carbocycles. The number of H-pyrrole nitrogens is 1. The highest BCUT2D eigenvalue weighted by molar-refractivity contribution is 6.34. The minimum absolute atomic E-state index is 0.00379. The van der Waals surface area contributed by atoms with Gasteiger partial charge in [0.2, 0.25) is 5.91 Å². The molecule has 0 unspecified atom stereocenters. The van der Waals surface area contributed by atoms with Crippen LogP contribution in [0, 0.1) is 17.0 Å². The summed E-state index contributed by atoms with van der Waals surface area (Å²) in [5, 5.41) is 5.53. The smallest absolute Gasteiger partial charge is 0.272 e. The first-order valence-corrected chi connectivity index (χ1v) is 11.7. The zero-order valence-electron chi connectivity index (χ0n) is 19.1. The lowest BCUT2D eigenvalue weighted by molar-refractivity contribution is -0.127. The van der Waals surface area contributed by atoms with E-state index < -0.39 is 28.9 Å². The summed E-state index contributed by atoms with van der Waals surface area (Å²) in [6, 6.07) is 1.64. The molecule has 3 N–H and O–H groups in total. The highest BCUT2D eigenvalue weighted by Crippen LogP contribution is 2.47. The number of ether oxygens (including phenoxy) is 1. The molecule has 1 aromatic heterocycles. The number of rotatable bonds is 7. The lowest BCUT2D eigenvalue weighted by Gasteiger charge is -2.36. The highest BCUT2D eigenvalue weighted by Gasteiger charge is 2.49. The predicted octanol–water partition coefficient (Wildman–Crippen LogP) is 2.81. The van der Waals surface area contributed by atoms with Gasteiger partial charge in [-0.15, -0.1) is 0 Å². The third kappa shape index (κ3) is 5.01. The van der Waals surface area contributed by atoms with Crippen LogP contribution in [0.4, 0.5) is 14.5 Å². The fourth-order valence-electron chi connectivity index (χ4n) is 4.80. The first-order valence-electron chi connectivity index (χ1n) is 11.3. The Bertz CT molecular complexity index is 1130. The van der Waals surface area contributed by atoms with E-state index in [-0.39, 0.29) is 40.6 Å². The van der Waals surface area contributed by atoms with Crippen molar-refractivity contribution >= 4 is 35.0 Å². The van der Waals surface area contributed by atoms with Crippen LogP contribution < -0.4 is 15.5 Å². The van der Waals surface area contributed by atoms with Crippen LogP contribution in [0.5, 0.6) is 0 Å². The van der Waals surface area contributed by atoms with E-state index >= 15 is 0 Å². The zero-order valence-corrected chi connectivity index (χ0v) is 19.9. The fourth-order valence-corrected chi connectivity index (χ4v) is 5.05. The van der Waals surface area contributed by atoms with Crippen LogP contribution >= 0.6 is 11.6 Å². The molecule has 1 spiro atoms. The van der Waals surface area contributed by atoms with E-state index in [4.69, 9.17) is 16.3 Å². The summed E-state index contributed by atoms with van der Waals surface area (Å²) in [4.78, 5) is 46.4. The van der Waals surface area contributed by atoms with Gasteiger partial charge in [-0.1, -0.05) is 11.6 Å². The number of halogens is 3. The van der Waals surface area contributed by atoms with Crippen molar-refractivity contribution in [3.05, 3.63) is 46.5 Å². The van der Waals surface area contributed by atoms with E-state index in [1.807, 2.05) is 0 Å². The Hall–Kier alpha value is -3.05. The molecule has 3 amide bonds. The molecule has 1 saturated heterocycles. The average Bonchev–Trinajstić information content (AvgIpc) is 3.44. The fraction of sp³-hybridized carbons (Fsp3) is 0.478. The van der Waals surface area contributed by atoms with Crippen LogP contribution in [-0.4, -0.2) is 60.5 Å². The van der Waals surface area contributed by atoms with Crippen LogP contribution in [0.2, 0.25) is 5.02 Å². The monoisotopic (exact) mass is 509 g/mol.